The van der Waals surface area contributed by atoms with Gasteiger partial charge in [-0.25, -0.2) is 0 Å². The van der Waals surface area contributed by atoms with E-state index < -0.39 is 10.0 Å². The molecule has 0 unspecified atom stereocenters. The van der Waals surface area contributed by atoms with Crippen molar-refractivity contribution in [3.8, 4) is 11.5 Å². The van der Waals surface area contributed by atoms with Gasteiger partial charge < -0.3 is 9.47 Å². The fourth-order valence-electron chi connectivity index (χ4n) is 3.13. The van der Waals surface area contributed by atoms with Crippen molar-refractivity contribution in [1.82, 2.24) is 0 Å². The van der Waals surface area contributed by atoms with Gasteiger partial charge in [-0.1, -0.05) is 59.7 Å². The van der Waals surface area contributed by atoms with Crippen LogP contribution in [0.3, 0.4) is 0 Å². The van der Waals surface area contributed by atoms with E-state index in [2.05, 4.69) is 78.3 Å². The fraction of sp³-hybridized carbons (Fsp3) is 0.480. The van der Waals surface area contributed by atoms with Gasteiger partial charge in [-0.2, -0.15) is 10.0 Å². The zero-order chi connectivity index (χ0) is 22.0. The number of ether oxygens (including phenoxy) is 2. The summed E-state index contributed by atoms with van der Waals surface area (Å²) in [5.41, 5.74) is 1.60. The molecule has 29 heavy (non-hydrogen) atoms. The molecule has 0 heterocycles. The average molecular weight is 417 g/mol. The molecule has 2 rings (SSSR count). The molecular formula is C25H36O3S. The first-order valence-corrected chi connectivity index (χ1v) is 12.6. The topological polar surface area (TPSA) is 35.5 Å². The molecule has 0 aliphatic heterocycles. The lowest BCUT2D eigenvalue weighted by Crippen LogP contribution is -2.21. The van der Waals surface area contributed by atoms with Gasteiger partial charge in [-0.15, -0.1) is 0 Å². The van der Waals surface area contributed by atoms with Gasteiger partial charge in [0.2, 0.25) is 0 Å². The van der Waals surface area contributed by atoms with Gasteiger partial charge in [0, 0.05) is 18.1 Å². The fourth-order valence-corrected chi connectivity index (χ4v) is 4.59. The smallest absolute Gasteiger partial charge is 0.308 e. The predicted octanol–water partition coefficient (Wildman–Crippen LogP) is 6.67. The van der Waals surface area contributed by atoms with E-state index in [1.54, 1.807) is 0 Å². The SMILES string of the molecule is CC(=O)Oc1c(C(C)(C)C)cc(OCS(C)(C)c2ccccc2)cc1C(C)(C)C. The van der Waals surface area contributed by atoms with Crippen LogP contribution in [0.25, 0.3) is 0 Å². The standard InChI is InChI=1S/C25H36O3S/c1-18(26)28-23-21(24(2,3)4)15-19(16-22(23)25(5,6)7)27-17-29(8,9)20-13-11-10-12-14-20/h10-16H,17H2,1-9H3. The average Bonchev–Trinajstić information content (AvgIpc) is 2.59. The third kappa shape index (κ3) is 6.02. The van der Waals surface area contributed by atoms with E-state index in [9.17, 15) is 4.79 Å². The quantitative estimate of drug-likeness (QED) is 0.403. The Morgan fingerprint density at radius 1 is 0.897 bits per heavy atom. The lowest BCUT2D eigenvalue weighted by molar-refractivity contribution is -0.132. The van der Waals surface area contributed by atoms with Gasteiger partial charge >= 0.3 is 5.97 Å². The monoisotopic (exact) mass is 416 g/mol. The molecule has 0 saturated carbocycles. The maximum absolute atomic E-state index is 11.8. The summed E-state index contributed by atoms with van der Waals surface area (Å²) in [6.07, 6.45) is 4.54. The highest BCUT2D eigenvalue weighted by molar-refractivity contribution is 8.32. The molecule has 3 nitrogen and oxygen atoms in total. The molecule has 0 atom stereocenters. The second-order valence-electron chi connectivity index (χ2n) is 10.1. The van der Waals surface area contributed by atoms with Gasteiger partial charge in [-0.05, 0) is 52.5 Å². The number of benzene rings is 2. The molecule has 0 aliphatic carbocycles. The van der Waals surface area contributed by atoms with Gasteiger partial charge in [0.25, 0.3) is 0 Å². The number of carbonyl (C=O) groups is 1. The molecule has 2 aromatic rings. The van der Waals surface area contributed by atoms with Crippen molar-refractivity contribution in [2.75, 3.05) is 18.5 Å². The lowest BCUT2D eigenvalue weighted by Gasteiger charge is -2.33. The second-order valence-corrected chi connectivity index (χ2v) is 13.8. The molecular weight excluding hydrogens is 380 g/mol. The zero-order valence-electron chi connectivity index (χ0n) is 19.4. The van der Waals surface area contributed by atoms with Crippen LogP contribution in [0.15, 0.2) is 47.4 Å². The summed E-state index contributed by atoms with van der Waals surface area (Å²) in [6, 6.07) is 14.6. The van der Waals surface area contributed by atoms with Crippen molar-refractivity contribution >= 4 is 16.0 Å². The van der Waals surface area contributed by atoms with Crippen LogP contribution in [0.4, 0.5) is 0 Å². The number of esters is 1. The predicted molar refractivity (Wildman–Crippen MR) is 125 cm³/mol. The second kappa shape index (κ2) is 8.43. The third-order valence-electron chi connectivity index (χ3n) is 4.83. The molecule has 0 aromatic heterocycles. The summed E-state index contributed by atoms with van der Waals surface area (Å²) < 4.78 is 12.1. The lowest BCUT2D eigenvalue weighted by atomic mass is 9.79. The van der Waals surface area contributed by atoms with E-state index >= 15 is 0 Å². The van der Waals surface area contributed by atoms with Crippen LogP contribution in [0.2, 0.25) is 0 Å². The van der Waals surface area contributed by atoms with Gasteiger partial charge in [0.05, 0.1) is 0 Å². The van der Waals surface area contributed by atoms with Crippen molar-refractivity contribution < 1.29 is 14.3 Å². The highest BCUT2D eigenvalue weighted by atomic mass is 32.3. The molecule has 2 aromatic carbocycles. The van der Waals surface area contributed by atoms with Crippen molar-refractivity contribution in [3.63, 3.8) is 0 Å². The molecule has 0 N–H and O–H groups in total. The normalized spacial score (nSPS) is 13.1. The van der Waals surface area contributed by atoms with Crippen molar-refractivity contribution in [2.24, 2.45) is 0 Å². The molecule has 0 fully saturated rings. The first kappa shape index (κ1) is 23.3. The Balaban J connectivity index is 2.49. The summed E-state index contributed by atoms with van der Waals surface area (Å²) in [5.74, 6) is 1.83. The Kier molecular flexibility index (Phi) is 6.79. The Hall–Kier alpha value is -1.94. The molecule has 0 amide bonds. The summed E-state index contributed by atoms with van der Waals surface area (Å²) in [6.45, 7) is 14.2. The minimum Gasteiger partial charge on any atom is -0.484 e. The van der Waals surface area contributed by atoms with Crippen LogP contribution >= 0.6 is 10.0 Å². The van der Waals surface area contributed by atoms with E-state index in [1.807, 2.05) is 18.2 Å². The van der Waals surface area contributed by atoms with Crippen molar-refractivity contribution in [3.05, 3.63) is 53.6 Å². The van der Waals surface area contributed by atoms with E-state index in [4.69, 9.17) is 9.47 Å². The minimum absolute atomic E-state index is 0.189. The van der Waals surface area contributed by atoms with Gasteiger partial charge in [0.15, 0.2) is 0 Å². The summed E-state index contributed by atoms with van der Waals surface area (Å²) in [7, 11) is -1.09. The van der Waals surface area contributed by atoms with E-state index in [0.717, 1.165) is 16.9 Å². The van der Waals surface area contributed by atoms with E-state index in [1.165, 1.54) is 11.8 Å². The Bertz CT molecular complexity index is 821. The Labute approximate surface area is 178 Å². The highest BCUT2D eigenvalue weighted by Crippen LogP contribution is 2.49. The minimum atomic E-state index is -1.09. The van der Waals surface area contributed by atoms with Crippen LogP contribution in [0.5, 0.6) is 11.5 Å². The van der Waals surface area contributed by atoms with E-state index in [0.29, 0.717) is 11.7 Å². The first-order chi connectivity index (χ1) is 13.2. The Morgan fingerprint density at radius 3 is 1.79 bits per heavy atom. The van der Waals surface area contributed by atoms with Crippen LogP contribution in [-0.4, -0.2) is 24.4 Å². The third-order valence-corrected chi connectivity index (χ3v) is 7.08. The molecule has 160 valence electrons. The maximum atomic E-state index is 11.8. The van der Waals surface area contributed by atoms with Crippen LogP contribution in [0.1, 0.15) is 59.6 Å². The molecule has 0 saturated heterocycles. The largest absolute Gasteiger partial charge is 0.484 e. The number of hydrogen-bond acceptors (Lipinski definition) is 3. The Morgan fingerprint density at radius 2 is 1.38 bits per heavy atom. The number of hydrogen-bond donors (Lipinski definition) is 0. The van der Waals surface area contributed by atoms with Crippen LogP contribution < -0.4 is 9.47 Å². The van der Waals surface area contributed by atoms with Crippen LogP contribution in [0, 0.1) is 0 Å². The zero-order valence-corrected chi connectivity index (χ0v) is 20.2. The number of rotatable bonds is 5. The van der Waals surface area contributed by atoms with Gasteiger partial charge in [-0.3, -0.25) is 4.79 Å². The van der Waals surface area contributed by atoms with Crippen molar-refractivity contribution in [1.29, 1.82) is 0 Å². The summed E-state index contributed by atoms with van der Waals surface area (Å²) >= 11 is 0. The summed E-state index contributed by atoms with van der Waals surface area (Å²) in [5, 5.41) is 0. The van der Waals surface area contributed by atoms with Gasteiger partial charge in [0.1, 0.15) is 17.4 Å². The molecule has 0 radical (unpaired) electrons. The molecule has 4 heteroatoms. The van der Waals surface area contributed by atoms with Crippen molar-refractivity contribution in [2.45, 2.75) is 64.2 Å². The number of carbonyl (C=O) groups excluding carboxylic acids is 1. The maximum Gasteiger partial charge on any atom is 0.308 e. The first-order valence-electron chi connectivity index (χ1n) is 9.98. The summed E-state index contributed by atoms with van der Waals surface area (Å²) in [4.78, 5) is 13.1. The highest BCUT2D eigenvalue weighted by Gasteiger charge is 2.29. The van der Waals surface area contributed by atoms with E-state index in [-0.39, 0.29) is 16.8 Å². The van der Waals surface area contributed by atoms with Crippen LogP contribution in [-0.2, 0) is 15.6 Å². The molecule has 0 aliphatic rings. The molecule has 0 bridgehead atoms. The molecule has 0 spiro atoms.